The van der Waals surface area contributed by atoms with Gasteiger partial charge in [-0.05, 0) is 52.9 Å². The Morgan fingerprint density at radius 3 is 2.47 bits per heavy atom. The second-order valence-electron chi connectivity index (χ2n) is 3.18. The Bertz CT molecular complexity index is 488. The van der Waals surface area contributed by atoms with Crippen LogP contribution in [0.25, 0.3) is 0 Å². The van der Waals surface area contributed by atoms with Gasteiger partial charge in [0.15, 0.2) is 0 Å². The van der Waals surface area contributed by atoms with Crippen molar-refractivity contribution < 1.29 is 4.79 Å². The minimum absolute atomic E-state index is 0.00593. The van der Waals surface area contributed by atoms with Crippen LogP contribution in [0.5, 0.6) is 0 Å². The van der Waals surface area contributed by atoms with Gasteiger partial charge in [-0.2, -0.15) is 5.10 Å². The topological polar surface area (TPSA) is 34.9 Å². The fraction of sp³-hybridized carbons (Fsp3) is 0.0909. The maximum atomic E-state index is 12.0. The van der Waals surface area contributed by atoms with Crippen molar-refractivity contribution in [1.29, 1.82) is 0 Å². The average molecular weight is 312 g/mol. The number of hydrogen-bond donors (Lipinski definition) is 0. The first kappa shape index (κ1) is 10.4. The van der Waals surface area contributed by atoms with E-state index < -0.39 is 0 Å². The van der Waals surface area contributed by atoms with Crippen LogP contribution >= 0.6 is 22.6 Å². The zero-order valence-corrected chi connectivity index (χ0v) is 10.3. The van der Waals surface area contributed by atoms with Crippen LogP contribution in [0.4, 0.5) is 0 Å². The van der Waals surface area contributed by atoms with Crippen molar-refractivity contribution in [3.63, 3.8) is 0 Å². The third-order valence-electron chi connectivity index (χ3n) is 2.16. The van der Waals surface area contributed by atoms with Gasteiger partial charge in [-0.1, -0.05) is 0 Å². The molecular weight excluding hydrogens is 303 g/mol. The third-order valence-corrected chi connectivity index (χ3v) is 2.88. The van der Waals surface area contributed by atoms with E-state index in [0.29, 0.717) is 11.3 Å². The smallest absolute Gasteiger partial charge is 0.211 e. The average Bonchev–Trinajstić information content (AvgIpc) is 2.65. The molecule has 0 aliphatic carbocycles. The second-order valence-corrected chi connectivity index (χ2v) is 4.42. The summed E-state index contributed by atoms with van der Waals surface area (Å²) in [4.78, 5) is 12.0. The molecule has 0 atom stereocenters. The molecule has 0 saturated heterocycles. The second kappa shape index (κ2) is 4.14. The van der Waals surface area contributed by atoms with Crippen molar-refractivity contribution in [2.45, 2.75) is 0 Å². The van der Waals surface area contributed by atoms with Crippen molar-refractivity contribution in [2.24, 2.45) is 7.05 Å². The fourth-order valence-electron chi connectivity index (χ4n) is 1.35. The van der Waals surface area contributed by atoms with Gasteiger partial charge >= 0.3 is 0 Å². The molecule has 0 N–H and O–H groups in total. The molecule has 0 aliphatic rings. The molecule has 0 radical (unpaired) electrons. The number of aromatic nitrogens is 2. The van der Waals surface area contributed by atoms with E-state index in [1.807, 2.05) is 24.3 Å². The van der Waals surface area contributed by atoms with Gasteiger partial charge in [0.05, 0.1) is 0 Å². The van der Waals surface area contributed by atoms with Crippen LogP contribution in [0.2, 0.25) is 0 Å². The van der Waals surface area contributed by atoms with E-state index in [4.69, 9.17) is 0 Å². The first-order chi connectivity index (χ1) is 7.18. The van der Waals surface area contributed by atoms with Gasteiger partial charge < -0.3 is 0 Å². The lowest BCUT2D eigenvalue weighted by Gasteiger charge is -2.01. The molecular formula is C11H9IN2O. The highest BCUT2D eigenvalue weighted by Crippen LogP contribution is 2.11. The van der Waals surface area contributed by atoms with Crippen LogP contribution in [0, 0.1) is 3.57 Å². The Morgan fingerprint density at radius 1 is 1.27 bits per heavy atom. The number of halogens is 1. The van der Waals surface area contributed by atoms with E-state index in [2.05, 4.69) is 27.7 Å². The van der Waals surface area contributed by atoms with E-state index in [1.54, 1.807) is 24.0 Å². The van der Waals surface area contributed by atoms with E-state index in [0.717, 1.165) is 3.57 Å². The maximum absolute atomic E-state index is 12.0. The monoisotopic (exact) mass is 312 g/mol. The van der Waals surface area contributed by atoms with Crippen molar-refractivity contribution in [2.75, 3.05) is 0 Å². The molecule has 0 aliphatic heterocycles. The summed E-state index contributed by atoms with van der Waals surface area (Å²) in [6.45, 7) is 0. The molecule has 2 rings (SSSR count). The molecule has 0 saturated carbocycles. The lowest BCUT2D eigenvalue weighted by Crippen LogP contribution is -2.07. The van der Waals surface area contributed by atoms with Gasteiger partial charge in [-0.3, -0.25) is 9.48 Å². The predicted octanol–water partition coefficient (Wildman–Crippen LogP) is 2.26. The first-order valence-corrected chi connectivity index (χ1v) is 5.54. The van der Waals surface area contributed by atoms with E-state index in [1.165, 1.54) is 0 Å². The number of rotatable bonds is 2. The van der Waals surface area contributed by atoms with Crippen LogP contribution in [0.15, 0.2) is 36.5 Å². The van der Waals surface area contributed by atoms with Crippen molar-refractivity contribution in [3.8, 4) is 0 Å². The van der Waals surface area contributed by atoms with Gasteiger partial charge in [0, 0.05) is 22.4 Å². The largest absolute Gasteiger partial charge is 0.287 e. The molecule has 0 unspecified atom stereocenters. The van der Waals surface area contributed by atoms with Crippen molar-refractivity contribution in [1.82, 2.24) is 9.78 Å². The predicted molar refractivity (Wildman–Crippen MR) is 65.8 cm³/mol. The van der Waals surface area contributed by atoms with E-state index in [9.17, 15) is 4.79 Å². The first-order valence-electron chi connectivity index (χ1n) is 4.47. The molecule has 3 nitrogen and oxygen atoms in total. The van der Waals surface area contributed by atoms with Crippen LogP contribution < -0.4 is 0 Å². The Kier molecular flexibility index (Phi) is 2.86. The summed E-state index contributed by atoms with van der Waals surface area (Å²) in [5, 5.41) is 3.98. The Labute approximate surface area is 101 Å². The van der Waals surface area contributed by atoms with Gasteiger partial charge in [-0.15, -0.1) is 0 Å². The summed E-state index contributed by atoms with van der Waals surface area (Å²) in [7, 11) is 1.76. The van der Waals surface area contributed by atoms with Gasteiger partial charge in [-0.25, -0.2) is 0 Å². The highest BCUT2D eigenvalue weighted by Gasteiger charge is 2.11. The molecule has 1 aromatic carbocycles. The third kappa shape index (κ3) is 2.09. The van der Waals surface area contributed by atoms with E-state index in [-0.39, 0.29) is 5.78 Å². The van der Waals surface area contributed by atoms with E-state index >= 15 is 0 Å². The van der Waals surface area contributed by atoms with Gasteiger partial charge in [0.1, 0.15) is 5.69 Å². The fourth-order valence-corrected chi connectivity index (χ4v) is 1.71. The number of benzene rings is 1. The number of carbonyl (C=O) groups excluding carboxylic acids is 1. The van der Waals surface area contributed by atoms with Crippen LogP contribution in [-0.2, 0) is 7.05 Å². The molecule has 2 aromatic rings. The molecule has 0 amide bonds. The molecule has 0 bridgehead atoms. The van der Waals surface area contributed by atoms with Crippen LogP contribution in [0.1, 0.15) is 16.1 Å². The molecule has 0 spiro atoms. The Morgan fingerprint density at radius 2 is 1.93 bits per heavy atom. The van der Waals surface area contributed by atoms with Crippen molar-refractivity contribution in [3.05, 3.63) is 51.4 Å². The Balaban J connectivity index is 2.37. The quantitative estimate of drug-likeness (QED) is 0.630. The van der Waals surface area contributed by atoms with Crippen LogP contribution in [-0.4, -0.2) is 15.6 Å². The standard InChI is InChI=1S/C11H9IN2O/c1-14-10(6-7-13-14)11(15)8-2-4-9(12)5-3-8/h2-7H,1H3. The summed E-state index contributed by atoms with van der Waals surface area (Å²) < 4.78 is 2.70. The number of ketones is 1. The SMILES string of the molecule is Cn1nccc1C(=O)c1ccc(I)cc1. The summed E-state index contributed by atoms with van der Waals surface area (Å²) in [5.41, 5.74) is 1.30. The summed E-state index contributed by atoms with van der Waals surface area (Å²) >= 11 is 2.21. The number of carbonyl (C=O) groups is 1. The summed E-state index contributed by atoms with van der Waals surface area (Å²) in [6.07, 6.45) is 1.62. The normalized spacial score (nSPS) is 10.3. The minimum atomic E-state index is 0.00593. The summed E-state index contributed by atoms with van der Waals surface area (Å²) in [6, 6.07) is 9.23. The lowest BCUT2D eigenvalue weighted by atomic mass is 10.1. The number of hydrogen-bond acceptors (Lipinski definition) is 2. The number of aryl methyl sites for hydroxylation is 1. The molecule has 15 heavy (non-hydrogen) atoms. The summed E-state index contributed by atoms with van der Waals surface area (Å²) in [5.74, 6) is 0.00593. The Hall–Kier alpha value is -1.17. The molecule has 76 valence electrons. The molecule has 0 fully saturated rings. The zero-order chi connectivity index (χ0) is 10.8. The number of nitrogens with zero attached hydrogens (tertiary/aromatic N) is 2. The van der Waals surface area contributed by atoms with Gasteiger partial charge in [0.25, 0.3) is 0 Å². The van der Waals surface area contributed by atoms with Gasteiger partial charge in [0.2, 0.25) is 5.78 Å². The van der Waals surface area contributed by atoms with Crippen LogP contribution in [0.3, 0.4) is 0 Å². The maximum Gasteiger partial charge on any atom is 0.211 e. The highest BCUT2D eigenvalue weighted by molar-refractivity contribution is 14.1. The molecule has 1 heterocycles. The van der Waals surface area contributed by atoms with Crippen molar-refractivity contribution >= 4 is 28.4 Å². The highest BCUT2D eigenvalue weighted by atomic mass is 127. The lowest BCUT2D eigenvalue weighted by molar-refractivity contribution is 0.103. The molecule has 4 heteroatoms. The minimum Gasteiger partial charge on any atom is -0.287 e. The molecule has 1 aromatic heterocycles. The zero-order valence-electron chi connectivity index (χ0n) is 8.14.